The Morgan fingerprint density at radius 2 is 1.70 bits per heavy atom. The second kappa shape index (κ2) is 6.38. The lowest BCUT2D eigenvalue weighted by atomic mass is 10.1. The number of cyclic esters (lactones) is 1. The summed E-state index contributed by atoms with van der Waals surface area (Å²) in [4.78, 5) is 18.3. The van der Waals surface area contributed by atoms with Gasteiger partial charge in [-0.15, -0.1) is 0 Å². The monoisotopic (exact) mass is 370 g/mol. The molecule has 0 N–H and O–H groups in total. The number of anilines is 1. The van der Waals surface area contributed by atoms with Crippen molar-refractivity contribution in [1.29, 1.82) is 0 Å². The molecule has 0 unspecified atom stereocenters. The van der Waals surface area contributed by atoms with Crippen LogP contribution in [0.4, 0.5) is 5.69 Å². The molecule has 0 radical (unpaired) electrons. The zero-order valence-corrected chi connectivity index (χ0v) is 14.4. The molecule has 1 aliphatic rings. The van der Waals surface area contributed by atoms with Gasteiger partial charge in [-0.05, 0) is 48.0 Å². The molecule has 2 aromatic carbocycles. The number of esters is 1. The molecule has 1 aliphatic heterocycles. The molecule has 0 bridgehead atoms. The van der Waals surface area contributed by atoms with Crippen molar-refractivity contribution in [2.24, 2.45) is 4.99 Å². The van der Waals surface area contributed by atoms with E-state index in [-0.39, 0.29) is 0 Å². The number of nitrogens with zero attached hydrogens (tertiary/aromatic N) is 2. The fourth-order valence-electron chi connectivity index (χ4n) is 2.15. The number of aliphatic imine (C=N–C) groups is 1. The fraction of sp³-hybridized carbons (Fsp3) is 0.111. The van der Waals surface area contributed by atoms with E-state index in [2.05, 4.69) is 20.9 Å². The molecule has 1 heterocycles. The fourth-order valence-corrected chi connectivity index (χ4v) is 2.42. The molecule has 0 aromatic heterocycles. The van der Waals surface area contributed by atoms with Crippen molar-refractivity contribution in [2.75, 3.05) is 19.0 Å². The number of ether oxygens (including phenoxy) is 1. The van der Waals surface area contributed by atoms with Crippen molar-refractivity contribution in [3.05, 3.63) is 69.8 Å². The standard InChI is InChI=1S/C18H15BrN2O2/c1-21(2)15-9-3-12(4-10-15)11-16-18(22)23-17(20-16)13-5-7-14(19)8-6-13/h3-11H,1-2H3/b16-11+. The predicted octanol–water partition coefficient (Wildman–Crippen LogP) is 3.86. The van der Waals surface area contributed by atoms with E-state index in [1.165, 1.54) is 0 Å². The topological polar surface area (TPSA) is 41.9 Å². The second-order valence-electron chi connectivity index (χ2n) is 5.33. The molecule has 0 atom stereocenters. The van der Waals surface area contributed by atoms with Crippen molar-refractivity contribution in [2.45, 2.75) is 0 Å². The molecule has 23 heavy (non-hydrogen) atoms. The van der Waals surface area contributed by atoms with Crippen molar-refractivity contribution in [1.82, 2.24) is 0 Å². The Morgan fingerprint density at radius 3 is 2.30 bits per heavy atom. The quantitative estimate of drug-likeness (QED) is 0.608. The predicted molar refractivity (Wildman–Crippen MR) is 95.5 cm³/mol. The molecule has 0 amide bonds. The minimum absolute atomic E-state index is 0.306. The van der Waals surface area contributed by atoms with E-state index < -0.39 is 5.97 Å². The van der Waals surface area contributed by atoms with Crippen molar-refractivity contribution >= 4 is 39.6 Å². The molecule has 0 spiro atoms. The first-order chi connectivity index (χ1) is 11.0. The van der Waals surface area contributed by atoms with Crippen molar-refractivity contribution in [3.63, 3.8) is 0 Å². The van der Waals surface area contributed by atoms with Crippen LogP contribution in [0.3, 0.4) is 0 Å². The molecule has 4 nitrogen and oxygen atoms in total. The Kier molecular flexibility index (Phi) is 4.30. The van der Waals surface area contributed by atoms with Crippen LogP contribution >= 0.6 is 15.9 Å². The number of carbonyl (C=O) groups is 1. The first-order valence-electron chi connectivity index (χ1n) is 7.09. The Morgan fingerprint density at radius 1 is 1.04 bits per heavy atom. The van der Waals surface area contributed by atoms with Gasteiger partial charge in [0.1, 0.15) is 0 Å². The molecular weight excluding hydrogens is 356 g/mol. The van der Waals surface area contributed by atoms with Gasteiger partial charge in [0.15, 0.2) is 5.70 Å². The highest BCUT2D eigenvalue weighted by molar-refractivity contribution is 9.10. The molecule has 0 fully saturated rings. The average molecular weight is 371 g/mol. The van der Waals surface area contributed by atoms with Crippen LogP contribution in [-0.4, -0.2) is 26.0 Å². The number of rotatable bonds is 3. The Bertz CT molecular complexity index is 791. The van der Waals surface area contributed by atoms with Gasteiger partial charge in [-0.1, -0.05) is 28.1 Å². The molecule has 2 aromatic rings. The van der Waals surface area contributed by atoms with Crippen LogP contribution in [0.1, 0.15) is 11.1 Å². The summed E-state index contributed by atoms with van der Waals surface area (Å²) in [5, 5.41) is 0. The van der Waals surface area contributed by atoms with E-state index in [0.717, 1.165) is 21.3 Å². The summed E-state index contributed by atoms with van der Waals surface area (Å²) in [7, 11) is 3.97. The maximum Gasteiger partial charge on any atom is 0.363 e. The van der Waals surface area contributed by atoms with Gasteiger partial charge in [0.25, 0.3) is 0 Å². The molecule has 116 valence electrons. The third-order valence-electron chi connectivity index (χ3n) is 3.42. The number of carbonyl (C=O) groups excluding carboxylic acids is 1. The summed E-state index contributed by atoms with van der Waals surface area (Å²) in [5.41, 5.74) is 3.08. The van der Waals surface area contributed by atoms with Gasteiger partial charge >= 0.3 is 5.97 Å². The van der Waals surface area contributed by atoms with Crippen LogP contribution in [-0.2, 0) is 9.53 Å². The maximum absolute atomic E-state index is 12.0. The minimum Gasteiger partial charge on any atom is -0.402 e. The molecule has 0 aliphatic carbocycles. The van der Waals surface area contributed by atoms with Crippen LogP contribution in [0.15, 0.2) is 63.7 Å². The smallest absolute Gasteiger partial charge is 0.363 e. The average Bonchev–Trinajstić information content (AvgIpc) is 2.89. The summed E-state index contributed by atoms with van der Waals surface area (Å²) in [6.45, 7) is 0. The van der Waals surface area contributed by atoms with E-state index in [4.69, 9.17) is 4.74 Å². The highest BCUT2D eigenvalue weighted by atomic mass is 79.9. The Hall–Kier alpha value is -2.40. The zero-order valence-electron chi connectivity index (χ0n) is 12.8. The lowest BCUT2D eigenvalue weighted by molar-refractivity contribution is -0.129. The number of halogens is 1. The maximum atomic E-state index is 12.0. The molecule has 3 rings (SSSR count). The second-order valence-corrected chi connectivity index (χ2v) is 6.24. The van der Waals surface area contributed by atoms with Gasteiger partial charge in [-0.2, -0.15) is 0 Å². The van der Waals surface area contributed by atoms with Crippen molar-refractivity contribution in [3.8, 4) is 0 Å². The molecule has 0 saturated heterocycles. The lowest BCUT2D eigenvalue weighted by Gasteiger charge is -2.11. The number of hydrogen-bond donors (Lipinski definition) is 0. The summed E-state index contributed by atoms with van der Waals surface area (Å²) in [6.07, 6.45) is 1.73. The Balaban J connectivity index is 1.87. The van der Waals surface area contributed by atoms with Gasteiger partial charge < -0.3 is 9.64 Å². The normalized spacial score (nSPS) is 15.5. The van der Waals surface area contributed by atoms with Crippen LogP contribution in [0.5, 0.6) is 0 Å². The SMILES string of the molecule is CN(C)c1ccc(/C=C2/N=C(c3ccc(Br)cc3)OC2=O)cc1. The van der Waals surface area contributed by atoms with E-state index in [0.29, 0.717) is 11.6 Å². The highest BCUT2D eigenvalue weighted by Gasteiger charge is 2.23. The van der Waals surface area contributed by atoms with Gasteiger partial charge in [-0.3, -0.25) is 0 Å². The van der Waals surface area contributed by atoms with Gasteiger partial charge in [0.05, 0.1) is 0 Å². The zero-order chi connectivity index (χ0) is 16.4. The highest BCUT2D eigenvalue weighted by Crippen LogP contribution is 2.21. The van der Waals surface area contributed by atoms with Crippen LogP contribution in [0, 0.1) is 0 Å². The number of hydrogen-bond acceptors (Lipinski definition) is 4. The summed E-state index contributed by atoms with van der Waals surface area (Å²) in [5.74, 6) is -0.0988. The Labute approximate surface area is 143 Å². The van der Waals surface area contributed by atoms with Gasteiger partial charge in [0.2, 0.25) is 5.90 Å². The largest absolute Gasteiger partial charge is 0.402 e. The first kappa shape index (κ1) is 15.5. The molecule has 5 heteroatoms. The summed E-state index contributed by atoms with van der Waals surface area (Å²) < 4.78 is 6.21. The van der Waals surface area contributed by atoms with Crippen LogP contribution < -0.4 is 4.90 Å². The summed E-state index contributed by atoms with van der Waals surface area (Å²) in [6, 6.07) is 15.3. The van der Waals surface area contributed by atoms with Gasteiger partial charge in [0, 0.05) is 29.8 Å². The van der Waals surface area contributed by atoms with Crippen LogP contribution in [0.25, 0.3) is 6.08 Å². The van der Waals surface area contributed by atoms with E-state index in [9.17, 15) is 4.79 Å². The molecule has 0 saturated carbocycles. The van der Waals surface area contributed by atoms with E-state index in [1.807, 2.05) is 67.5 Å². The van der Waals surface area contributed by atoms with Gasteiger partial charge in [-0.25, -0.2) is 9.79 Å². The minimum atomic E-state index is -0.431. The third-order valence-corrected chi connectivity index (χ3v) is 3.95. The van der Waals surface area contributed by atoms with E-state index >= 15 is 0 Å². The lowest BCUT2D eigenvalue weighted by Crippen LogP contribution is -2.08. The van der Waals surface area contributed by atoms with Crippen LogP contribution in [0.2, 0.25) is 0 Å². The number of benzene rings is 2. The first-order valence-corrected chi connectivity index (χ1v) is 7.88. The summed E-state index contributed by atoms with van der Waals surface area (Å²) >= 11 is 3.38. The third kappa shape index (κ3) is 3.51. The van der Waals surface area contributed by atoms with Crippen molar-refractivity contribution < 1.29 is 9.53 Å². The molecular formula is C18H15BrN2O2. The van der Waals surface area contributed by atoms with E-state index in [1.54, 1.807) is 6.08 Å².